The van der Waals surface area contributed by atoms with Crippen molar-refractivity contribution in [3.8, 4) is 23.3 Å². The van der Waals surface area contributed by atoms with Crippen molar-refractivity contribution in [2.45, 2.75) is 33.1 Å². The van der Waals surface area contributed by atoms with Gasteiger partial charge >= 0.3 is 6.36 Å². The summed E-state index contributed by atoms with van der Waals surface area (Å²) in [5.41, 5.74) is 2.85. The molecule has 146 valence electrons. The van der Waals surface area contributed by atoms with Crippen molar-refractivity contribution in [2.24, 2.45) is 4.99 Å². The van der Waals surface area contributed by atoms with Gasteiger partial charge in [0, 0.05) is 6.20 Å². The minimum Gasteiger partial charge on any atom is -0.406 e. The van der Waals surface area contributed by atoms with E-state index >= 15 is 0 Å². The van der Waals surface area contributed by atoms with Crippen LogP contribution in [0.4, 0.5) is 13.2 Å². The van der Waals surface area contributed by atoms with E-state index in [9.17, 15) is 13.2 Å². The third-order valence-corrected chi connectivity index (χ3v) is 3.61. The van der Waals surface area contributed by atoms with Crippen molar-refractivity contribution in [3.05, 3.63) is 66.7 Å². The van der Waals surface area contributed by atoms with Crippen molar-refractivity contribution in [1.82, 2.24) is 9.78 Å². The molecule has 1 heterocycles. The highest BCUT2D eigenvalue weighted by atomic mass is 19.4. The highest BCUT2D eigenvalue weighted by molar-refractivity contribution is 6.01. The molecule has 0 bridgehead atoms. The van der Waals surface area contributed by atoms with Crippen LogP contribution in [-0.2, 0) is 0 Å². The monoisotopic (exact) mass is 387 g/mol. The molecule has 0 atom stereocenters. The van der Waals surface area contributed by atoms with Crippen LogP contribution in [0.15, 0.2) is 60.4 Å². The maximum atomic E-state index is 12.3. The maximum Gasteiger partial charge on any atom is 0.573 e. The predicted molar refractivity (Wildman–Crippen MR) is 104 cm³/mol. The second kappa shape index (κ2) is 9.60. The van der Waals surface area contributed by atoms with Crippen LogP contribution in [-0.4, -0.2) is 21.9 Å². The maximum absolute atomic E-state index is 12.3. The number of alkyl halides is 3. The molecule has 0 aliphatic heterocycles. The summed E-state index contributed by atoms with van der Waals surface area (Å²) in [6.45, 7) is 7.48. The van der Waals surface area contributed by atoms with Gasteiger partial charge in [-0.3, -0.25) is 4.99 Å². The number of ether oxygens (including phenoxy) is 1. The summed E-state index contributed by atoms with van der Waals surface area (Å²) in [4.78, 5) is 4.31. The predicted octanol–water partition coefficient (Wildman–Crippen LogP) is 5.37. The lowest BCUT2D eigenvalue weighted by Gasteiger charge is -2.10. The van der Waals surface area contributed by atoms with Crippen LogP contribution in [0.1, 0.15) is 31.0 Å². The van der Waals surface area contributed by atoms with Crippen LogP contribution in [0.5, 0.6) is 5.75 Å². The van der Waals surface area contributed by atoms with Crippen LogP contribution < -0.4 is 4.74 Å². The fourth-order valence-corrected chi connectivity index (χ4v) is 2.31. The molecular formula is C21H20F3N3O. The first-order chi connectivity index (χ1) is 13.3. The van der Waals surface area contributed by atoms with E-state index in [0.717, 1.165) is 24.2 Å². The molecule has 0 aliphatic carbocycles. The van der Waals surface area contributed by atoms with Crippen LogP contribution >= 0.6 is 0 Å². The van der Waals surface area contributed by atoms with E-state index in [1.807, 2.05) is 13.8 Å². The summed E-state index contributed by atoms with van der Waals surface area (Å²) in [7, 11) is 0. The van der Waals surface area contributed by atoms with Gasteiger partial charge in [0.15, 0.2) is 0 Å². The summed E-state index contributed by atoms with van der Waals surface area (Å²) in [6, 6.07) is 5.49. The number of aliphatic imine (C=N–C) groups is 1. The van der Waals surface area contributed by atoms with Crippen molar-refractivity contribution in [1.29, 1.82) is 0 Å². The van der Waals surface area contributed by atoms with Crippen molar-refractivity contribution in [2.75, 3.05) is 0 Å². The lowest BCUT2D eigenvalue weighted by atomic mass is 10.2. The molecule has 0 saturated heterocycles. The SMILES string of the molecule is C=C/C=C\N=C(C#Cc1cnn(-c2ccc(OC(F)(F)F)cc2)c1C)CCC. The molecule has 0 unspecified atom stereocenters. The number of halogens is 3. The molecule has 28 heavy (non-hydrogen) atoms. The molecule has 0 saturated carbocycles. The Morgan fingerprint density at radius 2 is 2.04 bits per heavy atom. The molecule has 0 aliphatic rings. The summed E-state index contributed by atoms with van der Waals surface area (Å²) in [5, 5.41) is 4.27. The molecule has 0 radical (unpaired) electrons. The molecular weight excluding hydrogens is 367 g/mol. The minimum absolute atomic E-state index is 0.283. The number of benzene rings is 1. The Morgan fingerprint density at radius 3 is 2.64 bits per heavy atom. The normalized spacial score (nSPS) is 12.0. The Bertz CT molecular complexity index is 927. The van der Waals surface area contributed by atoms with Gasteiger partial charge in [-0.2, -0.15) is 5.10 Å². The Hall–Kier alpha value is -3.27. The third-order valence-electron chi connectivity index (χ3n) is 3.61. The average molecular weight is 387 g/mol. The largest absolute Gasteiger partial charge is 0.573 e. The van der Waals surface area contributed by atoms with E-state index in [0.29, 0.717) is 11.3 Å². The van der Waals surface area contributed by atoms with Crippen molar-refractivity contribution in [3.63, 3.8) is 0 Å². The molecule has 0 amide bonds. The number of hydrogen-bond acceptors (Lipinski definition) is 3. The van der Waals surface area contributed by atoms with Gasteiger partial charge in [-0.25, -0.2) is 4.68 Å². The molecule has 0 spiro atoms. The lowest BCUT2D eigenvalue weighted by Crippen LogP contribution is -2.17. The van der Waals surface area contributed by atoms with Crippen LogP contribution in [0, 0.1) is 18.8 Å². The van der Waals surface area contributed by atoms with Gasteiger partial charge in [0.25, 0.3) is 0 Å². The van der Waals surface area contributed by atoms with Gasteiger partial charge in [-0.1, -0.05) is 25.5 Å². The Kier molecular flexibility index (Phi) is 7.21. The average Bonchev–Trinajstić information content (AvgIpc) is 3.00. The first-order valence-electron chi connectivity index (χ1n) is 8.61. The topological polar surface area (TPSA) is 39.4 Å². The highest BCUT2D eigenvalue weighted by Crippen LogP contribution is 2.24. The highest BCUT2D eigenvalue weighted by Gasteiger charge is 2.31. The summed E-state index contributed by atoms with van der Waals surface area (Å²) < 4.78 is 42.3. The number of aromatic nitrogens is 2. The second-order valence-corrected chi connectivity index (χ2v) is 5.75. The number of rotatable bonds is 6. The quantitative estimate of drug-likeness (QED) is 0.380. The van der Waals surface area contributed by atoms with Gasteiger partial charge in [0.2, 0.25) is 0 Å². The standard InChI is InChI=1S/C21H20F3N3O/c1-4-6-14-25-18(7-5-2)9-8-17-15-26-27(16(17)3)19-10-12-20(13-11-19)28-21(22,23)24/h4,6,10-15H,1,5,7H2,2-3H3/b14-6-,25-18?. The zero-order valence-electron chi connectivity index (χ0n) is 15.6. The Morgan fingerprint density at radius 1 is 1.32 bits per heavy atom. The molecule has 2 aromatic rings. The molecule has 2 rings (SSSR count). The van der Waals surface area contributed by atoms with Gasteiger partial charge in [-0.05, 0) is 56.0 Å². The zero-order valence-corrected chi connectivity index (χ0v) is 15.6. The van der Waals surface area contributed by atoms with E-state index < -0.39 is 6.36 Å². The van der Waals surface area contributed by atoms with E-state index in [1.54, 1.807) is 29.2 Å². The van der Waals surface area contributed by atoms with E-state index in [2.05, 4.69) is 33.2 Å². The van der Waals surface area contributed by atoms with E-state index in [4.69, 9.17) is 0 Å². The first-order valence-corrected chi connectivity index (χ1v) is 8.61. The van der Waals surface area contributed by atoms with Gasteiger partial charge in [0.05, 0.1) is 28.9 Å². The van der Waals surface area contributed by atoms with Crippen LogP contribution in [0.2, 0.25) is 0 Å². The number of nitrogens with zero attached hydrogens (tertiary/aromatic N) is 3. The number of allylic oxidation sites excluding steroid dienone is 2. The third kappa shape index (κ3) is 6.16. The summed E-state index contributed by atoms with van der Waals surface area (Å²) in [6.07, 6.45) is 3.58. The smallest absolute Gasteiger partial charge is 0.406 e. The molecule has 1 aromatic carbocycles. The van der Waals surface area contributed by atoms with Crippen LogP contribution in [0.25, 0.3) is 5.69 Å². The number of hydrogen-bond donors (Lipinski definition) is 0. The fraction of sp³-hybridized carbons (Fsp3) is 0.238. The first kappa shape index (κ1) is 21.0. The Labute approximate surface area is 162 Å². The lowest BCUT2D eigenvalue weighted by molar-refractivity contribution is -0.274. The minimum atomic E-state index is -4.72. The Balaban J connectivity index is 2.23. The van der Waals surface area contributed by atoms with Gasteiger partial charge < -0.3 is 4.74 Å². The second-order valence-electron chi connectivity index (χ2n) is 5.75. The summed E-state index contributed by atoms with van der Waals surface area (Å²) in [5.74, 6) is 5.83. The van der Waals surface area contributed by atoms with Gasteiger partial charge in [-0.15, -0.1) is 13.2 Å². The molecule has 0 N–H and O–H groups in total. The van der Waals surface area contributed by atoms with Crippen molar-refractivity contribution >= 4 is 5.71 Å². The van der Waals surface area contributed by atoms with Gasteiger partial charge in [0.1, 0.15) is 5.75 Å². The molecule has 4 nitrogen and oxygen atoms in total. The zero-order chi connectivity index (χ0) is 20.6. The van der Waals surface area contributed by atoms with E-state index in [-0.39, 0.29) is 5.75 Å². The molecule has 7 heteroatoms. The van der Waals surface area contributed by atoms with E-state index in [1.165, 1.54) is 24.3 Å². The molecule has 1 aromatic heterocycles. The summed E-state index contributed by atoms with van der Waals surface area (Å²) >= 11 is 0. The molecule has 0 fully saturated rings. The van der Waals surface area contributed by atoms with Crippen molar-refractivity contribution < 1.29 is 17.9 Å². The fourth-order valence-electron chi connectivity index (χ4n) is 2.31. The van der Waals surface area contributed by atoms with Crippen LogP contribution in [0.3, 0.4) is 0 Å².